The Labute approximate surface area is 128 Å². The van der Waals surface area contributed by atoms with Gasteiger partial charge in [-0.2, -0.15) is 15.2 Å². The van der Waals surface area contributed by atoms with E-state index in [-0.39, 0.29) is 11.6 Å². The van der Waals surface area contributed by atoms with Crippen molar-refractivity contribution < 1.29 is 9.84 Å². The van der Waals surface area contributed by atoms with Gasteiger partial charge in [-0.3, -0.25) is 5.43 Å². The Hall–Kier alpha value is -2.42. The van der Waals surface area contributed by atoms with Crippen LogP contribution in [-0.4, -0.2) is 33.6 Å². The first-order chi connectivity index (χ1) is 10.0. The van der Waals surface area contributed by atoms with Gasteiger partial charge in [0.25, 0.3) is 0 Å². The maximum atomic E-state index is 11.1. The molecule has 110 valence electrons. The Balaban J connectivity index is 2.20. The van der Waals surface area contributed by atoms with E-state index in [0.29, 0.717) is 21.5 Å². The lowest BCUT2D eigenvalue weighted by Crippen LogP contribution is -2.15. The molecule has 0 amide bonds. The molecule has 0 radical (unpaired) electrons. The molecule has 1 aromatic heterocycles. The van der Waals surface area contributed by atoms with Crippen LogP contribution in [0.3, 0.4) is 0 Å². The molecular formula is C12H12BrN5O3. The number of hydrogen-bond donors (Lipinski definition) is 3. The summed E-state index contributed by atoms with van der Waals surface area (Å²) in [5.74, 6) is 0.594. The largest absolute Gasteiger partial charge is 0.503 e. The molecule has 0 unspecified atom stereocenters. The molecule has 0 saturated heterocycles. The number of methoxy groups -OCH3 is 1. The summed E-state index contributed by atoms with van der Waals surface area (Å²) in [5.41, 5.74) is 3.26. The minimum Gasteiger partial charge on any atom is -0.503 e. The number of aromatic nitrogens is 3. The maximum absolute atomic E-state index is 11.1. The van der Waals surface area contributed by atoms with E-state index >= 15 is 0 Å². The number of phenols is 1. The lowest BCUT2D eigenvalue weighted by molar-refractivity contribution is 0.372. The fourth-order valence-corrected chi connectivity index (χ4v) is 1.95. The molecule has 0 spiro atoms. The molecule has 0 aliphatic rings. The molecule has 0 fully saturated rings. The number of hydrogen-bond acceptors (Lipinski definition) is 7. The summed E-state index contributed by atoms with van der Waals surface area (Å²) in [6, 6.07) is 3.28. The summed E-state index contributed by atoms with van der Waals surface area (Å²) < 4.78 is 5.52. The van der Waals surface area contributed by atoms with Crippen LogP contribution in [-0.2, 0) is 0 Å². The molecule has 2 rings (SSSR count). The number of aryl methyl sites for hydroxylation is 1. The molecule has 0 aliphatic heterocycles. The van der Waals surface area contributed by atoms with Crippen molar-refractivity contribution in [1.29, 1.82) is 0 Å². The standard InChI is InChI=1S/C12H12BrN5O3/c1-6-11(15-12(20)18-16-6)17-14-5-7-3-8(13)10(19)9(4-7)21-2/h3-5,19H,1-2H3,(H2,15,17,18,20)/b14-5+. The second kappa shape index (κ2) is 6.35. The van der Waals surface area contributed by atoms with Crippen LogP contribution in [0.1, 0.15) is 11.3 Å². The van der Waals surface area contributed by atoms with Crippen LogP contribution >= 0.6 is 15.9 Å². The number of hydrazone groups is 1. The monoisotopic (exact) mass is 353 g/mol. The number of phenolic OH excluding ortho intramolecular Hbond substituents is 1. The summed E-state index contributed by atoms with van der Waals surface area (Å²) in [7, 11) is 1.45. The second-order valence-corrected chi connectivity index (χ2v) is 4.85. The quantitative estimate of drug-likeness (QED) is 0.565. The van der Waals surface area contributed by atoms with E-state index in [1.165, 1.54) is 13.3 Å². The average molecular weight is 354 g/mol. The third kappa shape index (κ3) is 3.57. The Kier molecular flexibility index (Phi) is 4.53. The lowest BCUT2D eigenvalue weighted by Gasteiger charge is -2.06. The van der Waals surface area contributed by atoms with Gasteiger partial charge in [0.05, 0.1) is 17.8 Å². The highest BCUT2D eigenvalue weighted by atomic mass is 79.9. The zero-order valence-electron chi connectivity index (χ0n) is 11.2. The van der Waals surface area contributed by atoms with Crippen molar-refractivity contribution in [3.8, 4) is 11.5 Å². The van der Waals surface area contributed by atoms with Crippen LogP contribution in [0.25, 0.3) is 0 Å². The molecule has 2 aromatic rings. The van der Waals surface area contributed by atoms with Crippen molar-refractivity contribution in [3.63, 3.8) is 0 Å². The van der Waals surface area contributed by atoms with Crippen molar-refractivity contribution >= 4 is 28.0 Å². The van der Waals surface area contributed by atoms with Crippen LogP contribution in [0.5, 0.6) is 11.5 Å². The van der Waals surface area contributed by atoms with Gasteiger partial charge in [0.15, 0.2) is 17.3 Å². The molecular weight excluding hydrogens is 342 g/mol. The van der Waals surface area contributed by atoms with Crippen LogP contribution < -0.4 is 15.9 Å². The predicted molar refractivity (Wildman–Crippen MR) is 81.0 cm³/mol. The lowest BCUT2D eigenvalue weighted by atomic mass is 10.2. The molecule has 0 saturated carbocycles. The summed E-state index contributed by atoms with van der Waals surface area (Å²) in [5, 5.41) is 19.7. The first-order valence-electron chi connectivity index (χ1n) is 5.80. The molecule has 0 bridgehead atoms. The van der Waals surface area contributed by atoms with Gasteiger partial charge in [0.1, 0.15) is 5.69 Å². The van der Waals surface area contributed by atoms with Crippen molar-refractivity contribution in [3.05, 3.63) is 38.3 Å². The normalized spacial score (nSPS) is 10.8. The van der Waals surface area contributed by atoms with Gasteiger partial charge >= 0.3 is 5.69 Å². The smallest absolute Gasteiger partial charge is 0.363 e. The van der Waals surface area contributed by atoms with Crippen LogP contribution in [0.4, 0.5) is 5.82 Å². The SMILES string of the molecule is COc1cc(/C=N/Nc2nc(=O)[nH]nc2C)cc(Br)c1O. The number of aromatic hydroxyl groups is 1. The summed E-state index contributed by atoms with van der Waals surface area (Å²) >= 11 is 3.22. The summed E-state index contributed by atoms with van der Waals surface area (Å²) in [4.78, 5) is 14.8. The van der Waals surface area contributed by atoms with E-state index in [1.807, 2.05) is 0 Å². The molecule has 0 atom stereocenters. The van der Waals surface area contributed by atoms with Gasteiger partial charge in [-0.05, 0) is 40.5 Å². The minimum absolute atomic E-state index is 0.0129. The number of halogens is 1. The molecule has 1 aromatic carbocycles. The third-order valence-electron chi connectivity index (χ3n) is 2.53. The topological polar surface area (TPSA) is 112 Å². The number of anilines is 1. The van der Waals surface area contributed by atoms with E-state index in [2.05, 4.69) is 41.6 Å². The third-order valence-corrected chi connectivity index (χ3v) is 3.13. The number of H-pyrrole nitrogens is 1. The number of benzene rings is 1. The molecule has 3 N–H and O–H groups in total. The predicted octanol–water partition coefficient (Wildman–Crippen LogP) is 1.40. The minimum atomic E-state index is -0.563. The first kappa shape index (κ1) is 15.0. The molecule has 0 aliphatic carbocycles. The van der Waals surface area contributed by atoms with Gasteiger partial charge < -0.3 is 9.84 Å². The maximum Gasteiger partial charge on any atom is 0.363 e. The van der Waals surface area contributed by atoms with E-state index in [1.54, 1.807) is 19.1 Å². The van der Waals surface area contributed by atoms with Gasteiger partial charge in [0, 0.05) is 0 Å². The number of nitrogens with one attached hydrogen (secondary N) is 2. The van der Waals surface area contributed by atoms with E-state index in [0.717, 1.165) is 0 Å². The fraction of sp³-hybridized carbons (Fsp3) is 0.167. The van der Waals surface area contributed by atoms with Crippen LogP contribution in [0, 0.1) is 6.92 Å². The summed E-state index contributed by atoms with van der Waals surface area (Å²) in [6.07, 6.45) is 1.50. The van der Waals surface area contributed by atoms with E-state index in [4.69, 9.17) is 4.74 Å². The number of aromatic amines is 1. The molecule has 21 heavy (non-hydrogen) atoms. The highest BCUT2D eigenvalue weighted by Gasteiger charge is 2.07. The van der Waals surface area contributed by atoms with E-state index < -0.39 is 5.69 Å². The Morgan fingerprint density at radius 3 is 3.00 bits per heavy atom. The van der Waals surface area contributed by atoms with Crippen molar-refractivity contribution in [2.24, 2.45) is 5.10 Å². The van der Waals surface area contributed by atoms with Crippen molar-refractivity contribution in [1.82, 2.24) is 15.2 Å². The van der Waals surface area contributed by atoms with Crippen molar-refractivity contribution in [2.45, 2.75) is 6.92 Å². The molecule has 8 nitrogen and oxygen atoms in total. The highest BCUT2D eigenvalue weighted by Crippen LogP contribution is 2.34. The van der Waals surface area contributed by atoms with Gasteiger partial charge in [-0.25, -0.2) is 9.89 Å². The molecule has 1 heterocycles. The zero-order chi connectivity index (χ0) is 15.4. The number of rotatable bonds is 4. The highest BCUT2D eigenvalue weighted by molar-refractivity contribution is 9.10. The van der Waals surface area contributed by atoms with Gasteiger partial charge in [0.2, 0.25) is 0 Å². The average Bonchev–Trinajstić information content (AvgIpc) is 2.46. The summed E-state index contributed by atoms with van der Waals surface area (Å²) in [6.45, 7) is 1.68. The number of ether oxygens (including phenoxy) is 1. The fourth-order valence-electron chi connectivity index (χ4n) is 1.49. The van der Waals surface area contributed by atoms with Crippen LogP contribution in [0.2, 0.25) is 0 Å². The second-order valence-electron chi connectivity index (χ2n) is 4.00. The van der Waals surface area contributed by atoms with Gasteiger partial charge in [-0.1, -0.05) is 0 Å². The Morgan fingerprint density at radius 1 is 1.52 bits per heavy atom. The van der Waals surface area contributed by atoms with Gasteiger partial charge in [-0.15, -0.1) is 0 Å². The Bertz CT molecular complexity index is 744. The zero-order valence-corrected chi connectivity index (χ0v) is 12.8. The van der Waals surface area contributed by atoms with Crippen molar-refractivity contribution in [2.75, 3.05) is 12.5 Å². The van der Waals surface area contributed by atoms with Crippen LogP contribution in [0.15, 0.2) is 26.5 Å². The number of nitrogens with zero attached hydrogens (tertiary/aromatic N) is 3. The van der Waals surface area contributed by atoms with E-state index in [9.17, 15) is 9.90 Å². The first-order valence-corrected chi connectivity index (χ1v) is 6.59. The Morgan fingerprint density at radius 2 is 2.29 bits per heavy atom. The molecule has 9 heteroatoms.